The zero-order valence-corrected chi connectivity index (χ0v) is 21.1. The van der Waals surface area contributed by atoms with E-state index in [4.69, 9.17) is 27.9 Å². The zero-order chi connectivity index (χ0) is 25.5. The van der Waals surface area contributed by atoms with Gasteiger partial charge < -0.3 is 21.7 Å². The minimum Gasteiger partial charge on any atom is -0.370 e. The average Bonchev–Trinajstić information content (AvgIpc) is 3.23. The lowest BCUT2D eigenvalue weighted by atomic mass is 9.96. The number of nitrogens with two attached hydrogens (primary N) is 2. The molecule has 2 saturated heterocycles. The van der Waals surface area contributed by atoms with Crippen LogP contribution in [0, 0.1) is 5.82 Å². The molecule has 2 bridgehead atoms. The number of aliphatic imine (C=N–C) groups is 1. The lowest BCUT2D eigenvalue weighted by molar-refractivity contribution is -0.126. The third kappa shape index (κ3) is 4.58. The molecule has 0 radical (unpaired) electrons. The van der Waals surface area contributed by atoms with Gasteiger partial charge in [-0.25, -0.2) is 4.39 Å². The van der Waals surface area contributed by atoms with E-state index in [-0.39, 0.29) is 30.6 Å². The summed E-state index contributed by atoms with van der Waals surface area (Å²) in [7, 11) is 0. The first-order valence-electron chi connectivity index (χ1n) is 12.5. The molecule has 2 aromatic carbocycles. The molecule has 0 amide bonds. The second-order valence-electron chi connectivity index (χ2n) is 9.73. The number of fused-ring (bicyclic) bond motifs is 4. The van der Waals surface area contributed by atoms with E-state index < -0.39 is 0 Å². The lowest BCUT2D eigenvalue weighted by Gasteiger charge is -2.39. The van der Waals surface area contributed by atoms with Crippen LogP contribution in [0.15, 0.2) is 53.8 Å². The average molecular weight is 522 g/mol. The summed E-state index contributed by atoms with van der Waals surface area (Å²) in [6.45, 7) is 2.52. The molecule has 1 aromatic heterocycles. The highest BCUT2D eigenvalue weighted by molar-refractivity contribution is 6.36. The van der Waals surface area contributed by atoms with Crippen molar-refractivity contribution in [1.29, 1.82) is 0 Å². The van der Waals surface area contributed by atoms with Crippen LogP contribution in [0.4, 0.5) is 4.39 Å². The van der Waals surface area contributed by atoms with Gasteiger partial charge in [0.25, 0.3) is 0 Å². The molecular formula is C27H29ClFN7O. The van der Waals surface area contributed by atoms with Crippen LogP contribution in [0.5, 0.6) is 0 Å². The van der Waals surface area contributed by atoms with E-state index in [1.807, 2.05) is 42.6 Å². The predicted octanol–water partition coefficient (Wildman–Crippen LogP) is 3.45. The number of guanidine groups is 1. The number of likely N-dealkylation sites (tertiary alicyclic amines) is 1. The van der Waals surface area contributed by atoms with Gasteiger partial charge >= 0.3 is 0 Å². The van der Waals surface area contributed by atoms with Gasteiger partial charge in [0, 0.05) is 58.5 Å². The van der Waals surface area contributed by atoms with Crippen LogP contribution >= 0.6 is 11.6 Å². The fourth-order valence-electron chi connectivity index (χ4n) is 5.65. The van der Waals surface area contributed by atoms with E-state index in [1.54, 1.807) is 11.3 Å². The van der Waals surface area contributed by atoms with Crippen molar-refractivity contribution in [3.05, 3.63) is 70.8 Å². The van der Waals surface area contributed by atoms with Crippen molar-refractivity contribution in [2.75, 3.05) is 26.2 Å². The Bertz CT molecular complexity index is 1390. The first kappa shape index (κ1) is 24.0. The first-order chi connectivity index (χ1) is 18.0. The van der Waals surface area contributed by atoms with Crippen LogP contribution in [0.3, 0.4) is 0 Å². The van der Waals surface area contributed by atoms with Crippen molar-refractivity contribution < 1.29 is 9.23 Å². The van der Waals surface area contributed by atoms with E-state index in [1.165, 1.54) is 0 Å². The molecule has 3 aliphatic heterocycles. The van der Waals surface area contributed by atoms with Gasteiger partial charge in [0.15, 0.2) is 11.8 Å². The molecule has 4 heterocycles. The third-order valence-corrected chi connectivity index (χ3v) is 7.60. The summed E-state index contributed by atoms with van der Waals surface area (Å²) < 4.78 is 16.4. The third-order valence-electron chi connectivity index (χ3n) is 7.29. The molecule has 6 rings (SSSR count). The number of halogens is 2. The van der Waals surface area contributed by atoms with E-state index >= 15 is 4.39 Å². The Morgan fingerprint density at radius 1 is 1.14 bits per heavy atom. The molecule has 192 valence electrons. The number of hydrogen-bond acceptors (Lipinski definition) is 6. The number of aromatic nitrogens is 1. The molecule has 8 nitrogen and oxygen atoms in total. The second kappa shape index (κ2) is 9.81. The first-order valence-corrected chi connectivity index (χ1v) is 12.9. The highest BCUT2D eigenvalue weighted by Crippen LogP contribution is 2.39. The lowest BCUT2D eigenvalue weighted by Crippen LogP contribution is -2.50. The molecule has 0 aliphatic carbocycles. The summed E-state index contributed by atoms with van der Waals surface area (Å²) in [6, 6.07) is 12.3. The normalized spacial score (nSPS) is 20.6. The molecule has 2 atom stereocenters. The van der Waals surface area contributed by atoms with Crippen molar-refractivity contribution in [2.24, 2.45) is 16.5 Å². The molecule has 0 saturated carbocycles. The van der Waals surface area contributed by atoms with E-state index in [0.717, 1.165) is 48.0 Å². The SMILES string of the molecule is NC(N)=NCCON1C=C(N2CC3CCC(C2)N3)c2cnc(-c3cccc4cccc(Cl)c34)c(F)c2C1. The zero-order valence-electron chi connectivity index (χ0n) is 20.3. The molecular weight excluding hydrogens is 493 g/mol. The number of nitrogens with zero attached hydrogens (tertiary/aromatic N) is 4. The quantitative estimate of drug-likeness (QED) is 0.259. The number of piperazine rings is 1. The van der Waals surface area contributed by atoms with Gasteiger partial charge in [0.05, 0.1) is 31.6 Å². The molecule has 10 heteroatoms. The second-order valence-corrected chi connectivity index (χ2v) is 10.1. The standard InChI is InChI=1S/C27H29ClFN7O/c28-22-6-2-4-16-3-1-5-19(24(16)22)26-25(29)21-14-36(37-10-9-32-27(30)31)15-23(20(21)11-33-26)35-12-17-7-8-18(13-35)34-17/h1-6,11,15,17-18,34H,7-10,12-14H2,(H4,30,31,32). The van der Waals surface area contributed by atoms with Crippen LogP contribution < -0.4 is 16.8 Å². The summed E-state index contributed by atoms with van der Waals surface area (Å²) >= 11 is 6.55. The largest absolute Gasteiger partial charge is 0.370 e. The van der Waals surface area contributed by atoms with Crippen molar-refractivity contribution >= 4 is 34.0 Å². The summed E-state index contributed by atoms with van der Waals surface area (Å²) in [4.78, 5) is 16.9. The Hall–Kier alpha value is -3.40. The van der Waals surface area contributed by atoms with Gasteiger partial charge in [-0.15, -0.1) is 0 Å². The molecule has 5 N–H and O–H groups in total. The van der Waals surface area contributed by atoms with Crippen molar-refractivity contribution in [1.82, 2.24) is 20.3 Å². The van der Waals surface area contributed by atoms with Crippen molar-refractivity contribution in [3.63, 3.8) is 0 Å². The van der Waals surface area contributed by atoms with E-state index in [0.29, 0.717) is 34.8 Å². The fraction of sp³-hybridized carbons (Fsp3) is 0.333. The maximum Gasteiger partial charge on any atom is 0.185 e. The molecule has 0 spiro atoms. The maximum absolute atomic E-state index is 16.4. The van der Waals surface area contributed by atoms with E-state index in [2.05, 4.69) is 20.2 Å². The van der Waals surface area contributed by atoms with Crippen LogP contribution in [0.1, 0.15) is 24.0 Å². The summed E-state index contributed by atoms with van der Waals surface area (Å²) in [5.41, 5.74) is 14.1. The van der Waals surface area contributed by atoms with Crippen LogP contribution in [-0.2, 0) is 11.4 Å². The number of rotatable bonds is 6. The van der Waals surface area contributed by atoms with Gasteiger partial charge in [-0.1, -0.05) is 41.9 Å². The summed E-state index contributed by atoms with van der Waals surface area (Å²) in [5, 5.41) is 7.62. The molecule has 37 heavy (non-hydrogen) atoms. The number of hydrogen-bond donors (Lipinski definition) is 3. The van der Waals surface area contributed by atoms with E-state index in [9.17, 15) is 0 Å². The van der Waals surface area contributed by atoms with Gasteiger partial charge in [-0.2, -0.15) is 0 Å². The Labute approximate surface area is 219 Å². The highest BCUT2D eigenvalue weighted by atomic mass is 35.5. The highest BCUT2D eigenvalue weighted by Gasteiger charge is 2.36. The summed E-state index contributed by atoms with van der Waals surface area (Å²) in [6.07, 6.45) is 6.02. The van der Waals surface area contributed by atoms with Crippen molar-refractivity contribution in [3.8, 4) is 11.3 Å². The van der Waals surface area contributed by atoms with Gasteiger partial charge in [0.2, 0.25) is 0 Å². The van der Waals surface area contributed by atoms with Gasteiger partial charge in [-0.05, 0) is 24.3 Å². The fourth-order valence-corrected chi connectivity index (χ4v) is 5.93. The maximum atomic E-state index is 16.4. The molecule has 3 aromatic rings. The van der Waals surface area contributed by atoms with Gasteiger partial charge in [0.1, 0.15) is 5.69 Å². The van der Waals surface area contributed by atoms with Crippen LogP contribution in [-0.4, -0.2) is 59.2 Å². The summed E-state index contributed by atoms with van der Waals surface area (Å²) in [5.74, 6) is -0.359. The minimum atomic E-state index is -0.369. The van der Waals surface area contributed by atoms with Gasteiger partial charge in [-0.3, -0.25) is 19.9 Å². The molecule has 3 aliphatic rings. The molecule has 2 unspecified atom stereocenters. The van der Waals surface area contributed by atoms with Crippen LogP contribution in [0.2, 0.25) is 5.02 Å². The predicted molar refractivity (Wildman–Crippen MR) is 144 cm³/mol. The Morgan fingerprint density at radius 2 is 1.89 bits per heavy atom. The number of pyridine rings is 1. The number of nitrogens with one attached hydrogen (secondary N) is 1. The van der Waals surface area contributed by atoms with Crippen molar-refractivity contribution in [2.45, 2.75) is 31.5 Å². The number of hydroxylamine groups is 2. The van der Waals surface area contributed by atoms with Crippen LogP contribution in [0.25, 0.3) is 27.7 Å². The number of benzene rings is 2. The minimum absolute atomic E-state index is 0.00984. The Kier molecular flexibility index (Phi) is 6.36. The Morgan fingerprint density at radius 3 is 2.65 bits per heavy atom. The Balaban J connectivity index is 1.40. The molecule has 2 fully saturated rings. The topological polar surface area (TPSA) is 105 Å². The smallest absolute Gasteiger partial charge is 0.185 e. The monoisotopic (exact) mass is 521 g/mol.